The number of fused-ring (bicyclic) bond motifs is 5. The summed E-state index contributed by atoms with van der Waals surface area (Å²) < 4.78 is 0. The van der Waals surface area contributed by atoms with Gasteiger partial charge in [-0.15, -0.1) is 0 Å². The highest BCUT2D eigenvalue weighted by atomic mass is 16.2. The zero-order valence-corrected chi connectivity index (χ0v) is 6.34. The van der Waals surface area contributed by atoms with Gasteiger partial charge >= 0.3 is 0 Å². The molecule has 1 amide bonds. The van der Waals surface area contributed by atoms with E-state index in [4.69, 9.17) is 0 Å². The molecule has 0 spiro atoms. The van der Waals surface area contributed by atoms with Crippen molar-refractivity contribution in [2.75, 3.05) is 0 Å². The molecule has 4 atom stereocenters. The van der Waals surface area contributed by atoms with Crippen LogP contribution in [0, 0.1) is 17.8 Å². The van der Waals surface area contributed by atoms with E-state index in [0.29, 0.717) is 17.9 Å². The Kier molecular flexibility index (Phi) is 0.969. The highest BCUT2D eigenvalue weighted by Gasteiger charge is 2.53. The summed E-state index contributed by atoms with van der Waals surface area (Å²) in [5.41, 5.74) is 5.83. The molecule has 2 saturated carbocycles. The van der Waals surface area contributed by atoms with Gasteiger partial charge in [0.2, 0.25) is 5.91 Å². The number of carbonyl (C=O) groups is 1. The van der Waals surface area contributed by atoms with E-state index < -0.39 is 0 Å². The standard InChI is InChI=1S/C8H12N2O/c11-8-6-4-1-2-5(3-4)7(6)9-10-8/h4-7,9H,1-3H2,(H,10,11)/t4?,5-,6-,7+/m0/s1. The molecule has 11 heavy (non-hydrogen) atoms. The summed E-state index contributed by atoms with van der Waals surface area (Å²) in [7, 11) is 0. The van der Waals surface area contributed by atoms with Crippen LogP contribution in [0.4, 0.5) is 0 Å². The number of amides is 1. The average molecular weight is 152 g/mol. The summed E-state index contributed by atoms with van der Waals surface area (Å²) in [6.07, 6.45) is 3.89. The van der Waals surface area contributed by atoms with Crippen LogP contribution in [0.25, 0.3) is 0 Å². The van der Waals surface area contributed by atoms with Gasteiger partial charge in [0, 0.05) is 6.04 Å². The first kappa shape index (κ1) is 6.00. The second-order valence-electron chi connectivity index (χ2n) is 4.02. The topological polar surface area (TPSA) is 41.1 Å². The van der Waals surface area contributed by atoms with E-state index in [2.05, 4.69) is 10.9 Å². The smallest absolute Gasteiger partial charge is 0.239 e. The lowest BCUT2D eigenvalue weighted by atomic mass is 9.86. The fourth-order valence-corrected chi connectivity index (χ4v) is 3.11. The lowest BCUT2D eigenvalue weighted by molar-refractivity contribution is -0.123. The van der Waals surface area contributed by atoms with E-state index in [-0.39, 0.29) is 5.91 Å². The van der Waals surface area contributed by atoms with Crippen molar-refractivity contribution < 1.29 is 4.79 Å². The van der Waals surface area contributed by atoms with Gasteiger partial charge in [-0.25, -0.2) is 5.43 Å². The first-order valence-corrected chi connectivity index (χ1v) is 4.41. The third kappa shape index (κ3) is 0.601. The first-order chi connectivity index (χ1) is 5.36. The maximum atomic E-state index is 11.3. The summed E-state index contributed by atoms with van der Waals surface area (Å²) in [6.45, 7) is 0. The third-order valence-electron chi connectivity index (χ3n) is 3.58. The van der Waals surface area contributed by atoms with Crippen molar-refractivity contribution in [1.82, 2.24) is 10.9 Å². The molecule has 1 aliphatic heterocycles. The normalized spacial score (nSPS) is 52.9. The van der Waals surface area contributed by atoms with E-state index in [1.54, 1.807) is 0 Å². The number of hydrogen-bond donors (Lipinski definition) is 2. The monoisotopic (exact) mass is 152 g/mol. The Morgan fingerprint density at radius 2 is 2.09 bits per heavy atom. The van der Waals surface area contributed by atoms with Crippen molar-refractivity contribution in [2.45, 2.75) is 25.3 Å². The van der Waals surface area contributed by atoms with Crippen molar-refractivity contribution in [3.8, 4) is 0 Å². The molecule has 1 unspecified atom stereocenters. The molecule has 3 rings (SSSR count). The summed E-state index contributed by atoms with van der Waals surface area (Å²) in [6, 6.07) is 0.473. The van der Waals surface area contributed by atoms with Crippen molar-refractivity contribution in [2.24, 2.45) is 17.8 Å². The maximum Gasteiger partial charge on any atom is 0.239 e. The van der Waals surface area contributed by atoms with Crippen molar-refractivity contribution in [1.29, 1.82) is 0 Å². The van der Waals surface area contributed by atoms with Crippen LogP contribution in [-0.2, 0) is 4.79 Å². The molecule has 3 aliphatic rings. The van der Waals surface area contributed by atoms with Crippen LogP contribution in [0.5, 0.6) is 0 Å². The molecule has 2 bridgehead atoms. The highest BCUT2D eigenvalue weighted by molar-refractivity contribution is 5.82. The number of nitrogens with one attached hydrogen (secondary N) is 2. The average Bonchev–Trinajstić information content (AvgIpc) is 2.60. The zero-order valence-electron chi connectivity index (χ0n) is 6.34. The van der Waals surface area contributed by atoms with Gasteiger partial charge in [0.05, 0.1) is 5.92 Å². The van der Waals surface area contributed by atoms with Crippen molar-refractivity contribution in [3.05, 3.63) is 0 Å². The number of hydrazine groups is 1. The van der Waals surface area contributed by atoms with Crippen LogP contribution in [0.3, 0.4) is 0 Å². The minimum Gasteiger partial charge on any atom is -0.291 e. The van der Waals surface area contributed by atoms with E-state index >= 15 is 0 Å². The molecule has 3 nitrogen and oxygen atoms in total. The SMILES string of the molecule is O=C1NN[C@@H]2[C@H]3CCC(C3)[C@H]12. The van der Waals surface area contributed by atoms with Crippen molar-refractivity contribution >= 4 is 5.91 Å². The molecule has 0 radical (unpaired) electrons. The van der Waals surface area contributed by atoms with Gasteiger partial charge in [0.25, 0.3) is 0 Å². The summed E-state index contributed by atoms with van der Waals surface area (Å²) in [4.78, 5) is 11.3. The zero-order chi connectivity index (χ0) is 7.42. The molecule has 60 valence electrons. The Labute approximate surface area is 65.5 Å². The van der Waals surface area contributed by atoms with E-state index in [0.717, 1.165) is 5.92 Å². The van der Waals surface area contributed by atoms with Crippen LogP contribution in [0.1, 0.15) is 19.3 Å². The van der Waals surface area contributed by atoms with Crippen LogP contribution in [-0.4, -0.2) is 11.9 Å². The minimum absolute atomic E-state index is 0.238. The predicted molar refractivity (Wildman–Crippen MR) is 39.4 cm³/mol. The van der Waals surface area contributed by atoms with E-state index in [1.807, 2.05) is 0 Å². The highest BCUT2D eigenvalue weighted by Crippen LogP contribution is 2.49. The molecular formula is C8H12N2O. The third-order valence-corrected chi connectivity index (χ3v) is 3.58. The van der Waals surface area contributed by atoms with Crippen LogP contribution < -0.4 is 10.9 Å². The molecule has 1 saturated heterocycles. The summed E-state index contributed by atoms with van der Waals surface area (Å²) in [5, 5.41) is 0. The van der Waals surface area contributed by atoms with Gasteiger partial charge in [-0.1, -0.05) is 0 Å². The molecular weight excluding hydrogens is 140 g/mol. The second kappa shape index (κ2) is 1.78. The molecule has 2 aliphatic carbocycles. The number of hydrogen-bond acceptors (Lipinski definition) is 2. The van der Waals surface area contributed by atoms with Gasteiger partial charge in [-0.2, -0.15) is 0 Å². The van der Waals surface area contributed by atoms with Crippen LogP contribution in [0.15, 0.2) is 0 Å². The predicted octanol–water partition coefficient (Wildman–Crippen LogP) is 0.0355. The quantitative estimate of drug-likeness (QED) is 0.514. The van der Waals surface area contributed by atoms with Crippen LogP contribution >= 0.6 is 0 Å². The van der Waals surface area contributed by atoms with Crippen molar-refractivity contribution in [3.63, 3.8) is 0 Å². The Morgan fingerprint density at radius 1 is 1.27 bits per heavy atom. The Morgan fingerprint density at radius 3 is 2.91 bits per heavy atom. The lowest BCUT2D eigenvalue weighted by Crippen LogP contribution is -2.35. The molecule has 0 aromatic rings. The number of carbonyl (C=O) groups excluding carboxylic acids is 1. The van der Waals surface area contributed by atoms with Gasteiger partial charge < -0.3 is 0 Å². The summed E-state index contributed by atoms with van der Waals surface area (Å²) >= 11 is 0. The Bertz CT molecular complexity index is 216. The first-order valence-electron chi connectivity index (χ1n) is 4.41. The molecule has 1 heterocycles. The van der Waals surface area contributed by atoms with Gasteiger partial charge in [0.1, 0.15) is 0 Å². The van der Waals surface area contributed by atoms with Gasteiger partial charge in [-0.05, 0) is 31.1 Å². The Hall–Kier alpha value is -0.570. The van der Waals surface area contributed by atoms with E-state index in [1.165, 1.54) is 19.3 Å². The molecule has 0 aromatic carbocycles. The van der Waals surface area contributed by atoms with Crippen LogP contribution in [0.2, 0.25) is 0 Å². The largest absolute Gasteiger partial charge is 0.291 e. The van der Waals surface area contributed by atoms with E-state index in [9.17, 15) is 4.79 Å². The fourth-order valence-electron chi connectivity index (χ4n) is 3.11. The molecule has 2 N–H and O–H groups in total. The molecule has 0 aromatic heterocycles. The molecule has 3 fully saturated rings. The Balaban J connectivity index is 1.97. The number of rotatable bonds is 0. The molecule has 3 heteroatoms. The van der Waals surface area contributed by atoms with Gasteiger partial charge in [-0.3, -0.25) is 10.2 Å². The fraction of sp³-hybridized carbons (Fsp3) is 0.875. The maximum absolute atomic E-state index is 11.3. The second-order valence-corrected chi connectivity index (χ2v) is 4.02. The lowest BCUT2D eigenvalue weighted by Gasteiger charge is -2.20. The minimum atomic E-state index is 0.238. The summed E-state index contributed by atoms with van der Waals surface area (Å²) in [5.74, 6) is 2.03. The van der Waals surface area contributed by atoms with Gasteiger partial charge in [0.15, 0.2) is 0 Å².